The minimum Gasteiger partial charge on any atom is -0.481 e. The molecule has 2 heterocycles. The minimum absolute atomic E-state index is 0.134. The molecule has 0 aliphatic heterocycles. The smallest absolute Gasteiger partial charge is 0.303 e. The Morgan fingerprint density at radius 2 is 2.25 bits per heavy atom. The number of pyridine rings is 1. The summed E-state index contributed by atoms with van der Waals surface area (Å²) in [5, 5.41) is 11.6. The third-order valence-corrected chi connectivity index (χ3v) is 3.20. The standard InChI is InChI=1S/C13H14BrN3O3/c14-9-3-4-11-16-10(6-12(18)17(11)8-9)7-15-5-1-2-13(19)20/h3-4,6,8,15H,1-2,5,7H2,(H,19,20). The lowest BCUT2D eigenvalue weighted by molar-refractivity contribution is -0.137. The molecule has 0 fully saturated rings. The van der Waals surface area contributed by atoms with Crippen molar-refractivity contribution in [2.24, 2.45) is 0 Å². The van der Waals surface area contributed by atoms with Crippen LogP contribution < -0.4 is 10.9 Å². The molecule has 0 unspecified atom stereocenters. The summed E-state index contributed by atoms with van der Waals surface area (Å²) >= 11 is 3.31. The number of rotatable bonds is 6. The van der Waals surface area contributed by atoms with Crippen LogP contribution in [-0.4, -0.2) is 27.0 Å². The van der Waals surface area contributed by atoms with Crippen molar-refractivity contribution in [2.75, 3.05) is 6.54 Å². The first kappa shape index (κ1) is 14.7. The number of nitrogens with one attached hydrogen (secondary N) is 1. The third kappa shape index (κ3) is 3.88. The van der Waals surface area contributed by atoms with Crippen molar-refractivity contribution in [3.8, 4) is 0 Å². The van der Waals surface area contributed by atoms with E-state index in [4.69, 9.17) is 5.11 Å². The van der Waals surface area contributed by atoms with Gasteiger partial charge >= 0.3 is 5.97 Å². The predicted molar refractivity (Wildman–Crippen MR) is 77.7 cm³/mol. The van der Waals surface area contributed by atoms with Crippen LogP contribution in [0.4, 0.5) is 0 Å². The lowest BCUT2D eigenvalue weighted by Gasteiger charge is -2.06. The summed E-state index contributed by atoms with van der Waals surface area (Å²) < 4.78 is 2.28. The van der Waals surface area contributed by atoms with Gasteiger partial charge in [-0.3, -0.25) is 14.0 Å². The summed E-state index contributed by atoms with van der Waals surface area (Å²) in [7, 11) is 0. The van der Waals surface area contributed by atoms with Gasteiger partial charge in [0.1, 0.15) is 5.65 Å². The average molecular weight is 340 g/mol. The average Bonchev–Trinajstić information content (AvgIpc) is 2.39. The molecule has 0 aromatic carbocycles. The number of carbonyl (C=O) groups is 1. The van der Waals surface area contributed by atoms with Crippen LogP contribution in [-0.2, 0) is 11.3 Å². The van der Waals surface area contributed by atoms with E-state index in [1.165, 1.54) is 10.5 Å². The fraction of sp³-hybridized carbons (Fsp3) is 0.308. The molecular formula is C13H14BrN3O3. The van der Waals surface area contributed by atoms with E-state index < -0.39 is 5.97 Å². The highest BCUT2D eigenvalue weighted by molar-refractivity contribution is 9.10. The van der Waals surface area contributed by atoms with Gasteiger partial charge in [-0.1, -0.05) is 0 Å². The Balaban J connectivity index is 2.03. The zero-order valence-electron chi connectivity index (χ0n) is 10.7. The maximum Gasteiger partial charge on any atom is 0.303 e. The maximum atomic E-state index is 11.9. The predicted octanol–water partition coefficient (Wildman–Crippen LogP) is 1.41. The van der Waals surface area contributed by atoms with Crippen molar-refractivity contribution in [2.45, 2.75) is 19.4 Å². The van der Waals surface area contributed by atoms with Gasteiger partial charge < -0.3 is 10.4 Å². The van der Waals surface area contributed by atoms with Gasteiger partial charge in [0.15, 0.2) is 0 Å². The Morgan fingerprint density at radius 3 is 3.00 bits per heavy atom. The van der Waals surface area contributed by atoms with Gasteiger partial charge in [-0.2, -0.15) is 0 Å². The highest BCUT2D eigenvalue weighted by Gasteiger charge is 2.03. The van der Waals surface area contributed by atoms with Gasteiger partial charge in [0.2, 0.25) is 0 Å². The molecule has 0 atom stereocenters. The van der Waals surface area contributed by atoms with Gasteiger partial charge in [-0.15, -0.1) is 0 Å². The molecular weight excluding hydrogens is 326 g/mol. The Kier molecular flexibility index (Phi) is 4.86. The summed E-state index contributed by atoms with van der Waals surface area (Å²) in [6.07, 6.45) is 2.36. The third-order valence-electron chi connectivity index (χ3n) is 2.73. The largest absolute Gasteiger partial charge is 0.481 e. The van der Waals surface area contributed by atoms with E-state index in [9.17, 15) is 9.59 Å². The van der Waals surface area contributed by atoms with E-state index >= 15 is 0 Å². The molecule has 2 rings (SSSR count). The molecule has 20 heavy (non-hydrogen) atoms. The van der Waals surface area contributed by atoms with Crippen LogP contribution in [0.2, 0.25) is 0 Å². The van der Waals surface area contributed by atoms with E-state index in [-0.39, 0.29) is 12.0 Å². The molecule has 0 radical (unpaired) electrons. The highest BCUT2D eigenvalue weighted by Crippen LogP contribution is 2.09. The van der Waals surface area contributed by atoms with Crippen LogP contribution in [0.3, 0.4) is 0 Å². The highest BCUT2D eigenvalue weighted by atomic mass is 79.9. The van der Waals surface area contributed by atoms with Crippen molar-refractivity contribution in [1.29, 1.82) is 0 Å². The van der Waals surface area contributed by atoms with Crippen LogP contribution in [0.25, 0.3) is 5.65 Å². The van der Waals surface area contributed by atoms with Gasteiger partial charge in [0.25, 0.3) is 5.56 Å². The number of nitrogens with zero attached hydrogens (tertiary/aromatic N) is 2. The number of fused-ring (bicyclic) bond motifs is 1. The lowest BCUT2D eigenvalue weighted by atomic mass is 10.3. The maximum absolute atomic E-state index is 11.9. The molecule has 0 spiro atoms. The first-order chi connectivity index (χ1) is 9.56. The molecule has 106 valence electrons. The molecule has 0 aliphatic carbocycles. The second-order valence-corrected chi connectivity index (χ2v) is 5.25. The molecule has 2 aromatic rings. The second kappa shape index (κ2) is 6.62. The Morgan fingerprint density at radius 1 is 1.45 bits per heavy atom. The molecule has 0 bridgehead atoms. The molecule has 6 nitrogen and oxygen atoms in total. The van der Waals surface area contributed by atoms with Crippen LogP contribution >= 0.6 is 15.9 Å². The van der Waals surface area contributed by atoms with E-state index in [2.05, 4.69) is 26.2 Å². The number of halogens is 1. The number of aliphatic carboxylic acids is 1. The van der Waals surface area contributed by atoms with E-state index in [1.54, 1.807) is 12.3 Å². The van der Waals surface area contributed by atoms with E-state index in [1.807, 2.05) is 6.07 Å². The Bertz CT molecular complexity index is 684. The molecule has 2 N–H and O–H groups in total. The second-order valence-electron chi connectivity index (χ2n) is 4.34. The molecule has 2 aromatic heterocycles. The van der Waals surface area contributed by atoms with Crippen LogP contribution in [0.15, 0.2) is 33.7 Å². The van der Waals surface area contributed by atoms with Crippen molar-refractivity contribution in [1.82, 2.24) is 14.7 Å². The van der Waals surface area contributed by atoms with Crippen molar-refractivity contribution in [3.05, 3.63) is 44.9 Å². The zero-order valence-corrected chi connectivity index (χ0v) is 12.3. The summed E-state index contributed by atoms with van der Waals surface area (Å²) in [6, 6.07) is 5.06. The van der Waals surface area contributed by atoms with Gasteiger partial charge in [0, 0.05) is 29.7 Å². The van der Waals surface area contributed by atoms with Gasteiger partial charge in [-0.05, 0) is 41.0 Å². The normalized spacial score (nSPS) is 10.8. The number of hydrogen-bond donors (Lipinski definition) is 2. The van der Waals surface area contributed by atoms with Gasteiger partial charge in [0.05, 0.1) is 5.69 Å². The van der Waals surface area contributed by atoms with Crippen molar-refractivity contribution >= 4 is 27.5 Å². The van der Waals surface area contributed by atoms with Crippen LogP contribution in [0.5, 0.6) is 0 Å². The number of aromatic nitrogens is 2. The zero-order chi connectivity index (χ0) is 14.5. The van der Waals surface area contributed by atoms with Crippen LogP contribution in [0, 0.1) is 0 Å². The molecule has 7 heteroatoms. The summed E-state index contributed by atoms with van der Waals surface area (Å²) in [5.74, 6) is -0.806. The van der Waals surface area contributed by atoms with Gasteiger partial charge in [-0.25, -0.2) is 4.98 Å². The number of carboxylic acid groups (broad SMARTS) is 1. The summed E-state index contributed by atoms with van der Waals surface area (Å²) in [5.41, 5.74) is 1.09. The lowest BCUT2D eigenvalue weighted by Crippen LogP contribution is -2.21. The molecule has 0 saturated carbocycles. The fourth-order valence-electron chi connectivity index (χ4n) is 1.80. The quantitative estimate of drug-likeness (QED) is 0.777. The minimum atomic E-state index is -0.806. The monoisotopic (exact) mass is 339 g/mol. The molecule has 0 aliphatic rings. The summed E-state index contributed by atoms with van der Waals surface area (Å²) in [4.78, 5) is 26.7. The molecule has 0 saturated heterocycles. The van der Waals surface area contributed by atoms with Crippen molar-refractivity contribution < 1.29 is 9.90 Å². The first-order valence-electron chi connectivity index (χ1n) is 6.16. The Labute approximate surface area is 123 Å². The van der Waals surface area contributed by atoms with Crippen molar-refractivity contribution in [3.63, 3.8) is 0 Å². The fourth-order valence-corrected chi connectivity index (χ4v) is 2.13. The van der Waals surface area contributed by atoms with E-state index in [0.29, 0.717) is 30.9 Å². The van der Waals surface area contributed by atoms with Crippen LogP contribution in [0.1, 0.15) is 18.5 Å². The Hall–Kier alpha value is -1.73. The first-order valence-corrected chi connectivity index (χ1v) is 6.96. The summed E-state index contributed by atoms with van der Waals surface area (Å²) in [6.45, 7) is 1.02. The SMILES string of the molecule is O=C(O)CCCNCc1cc(=O)n2cc(Br)ccc2n1. The number of carboxylic acids is 1. The number of hydrogen-bond acceptors (Lipinski definition) is 4. The van der Waals surface area contributed by atoms with E-state index in [0.717, 1.165) is 4.47 Å². The topological polar surface area (TPSA) is 83.7 Å². The molecule has 0 amide bonds.